The summed E-state index contributed by atoms with van der Waals surface area (Å²) in [5, 5.41) is 0. The van der Waals surface area contributed by atoms with Gasteiger partial charge in [0, 0.05) is 0 Å². The van der Waals surface area contributed by atoms with E-state index in [0.717, 1.165) is 31.3 Å². The van der Waals surface area contributed by atoms with Crippen molar-refractivity contribution in [3.63, 3.8) is 0 Å². The van der Waals surface area contributed by atoms with Crippen molar-refractivity contribution < 1.29 is 9.59 Å². The maximum absolute atomic E-state index is 13.3. The Kier molecular flexibility index (Phi) is 4.56. The summed E-state index contributed by atoms with van der Waals surface area (Å²) in [6.07, 6.45) is 7.44. The van der Waals surface area contributed by atoms with E-state index >= 15 is 0 Å². The molecule has 1 aliphatic heterocycles. The molecule has 0 spiro atoms. The fourth-order valence-electron chi connectivity index (χ4n) is 3.82. The monoisotopic (exact) mass is 305 g/mol. The van der Waals surface area contributed by atoms with Crippen molar-refractivity contribution in [1.82, 2.24) is 4.90 Å². The summed E-state index contributed by atoms with van der Waals surface area (Å²) in [7, 11) is 0. The summed E-state index contributed by atoms with van der Waals surface area (Å²) < 4.78 is 0. The molecule has 0 aromatic rings. The number of nitrogens with zero attached hydrogens (tertiary/aromatic N) is 1. The molecule has 0 aromatic heterocycles. The number of amides is 2. The Balaban J connectivity index is 2.32. The highest BCUT2D eigenvalue weighted by Gasteiger charge is 2.55. The van der Waals surface area contributed by atoms with Gasteiger partial charge >= 0.3 is 0 Å². The number of β-lactam (4-membered cyclic amide) rings is 1. The molecule has 0 bridgehead atoms. The number of hydrogen-bond acceptors (Lipinski definition) is 2. The van der Waals surface area contributed by atoms with Gasteiger partial charge in [-0.15, -0.1) is 0 Å². The Morgan fingerprint density at radius 2 is 1.68 bits per heavy atom. The Hall–Kier alpha value is -1.12. The van der Waals surface area contributed by atoms with Crippen LogP contribution in [0, 0.1) is 16.7 Å². The second-order valence-corrected chi connectivity index (χ2v) is 8.50. The minimum absolute atomic E-state index is 0.00523. The van der Waals surface area contributed by atoms with E-state index in [1.165, 1.54) is 6.42 Å². The molecule has 2 aliphatic rings. The molecular formula is C19H31NO2. The minimum Gasteiger partial charge on any atom is -0.278 e. The van der Waals surface area contributed by atoms with Crippen LogP contribution in [0.1, 0.15) is 73.6 Å². The third-order valence-corrected chi connectivity index (χ3v) is 5.66. The zero-order chi connectivity index (χ0) is 16.7. The van der Waals surface area contributed by atoms with Gasteiger partial charge in [-0.05, 0) is 39.0 Å². The Labute approximate surface area is 135 Å². The van der Waals surface area contributed by atoms with Gasteiger partial charge in [-0.3, -0.25) is 14.5 Å². The first-order chi connectivity index (χ1) is 10.1. The molecule has 0 N–H and O–H groups in total. The summed E-state index contributed by atoms with van der Waals surface area (Å²) >= 11 is 0. The lowest BCUT2D eigenvalue weighted by Gasteiger charge is -2.50. The highest BCUT2D eigenvalue weighted by atomic mass is 16.2. The molecule has 1 heterocycles. The minimum atomic E-state index is -0.640. The van der Waals surface area contributed by atoms with E-state index in [2.05, 4.69) is 20.8 Å². The summed E-state index contributed by atoms with van der Waals surface area (Å²) in [6, 6.07) is 0.148. The number of imide groups is 1. The molecule has 2 amide bonds. The average molecular weight is 305 g/mol. The van der Waals surface area contributed by atoms with Crippen LogP contribution in [0.2, 0.25) is 0 Å². The lowest BCUT2D eigenvalue weighted by molar-refractivity contribution is -0.173. The maximum atomic E-state index is 13.3. The lowest BCUT2D eigenvalue weighted by atomic mass is 9.65. The normalized spacial score (nSPS) is 28.1. The van der Waals surface area contributed by atoms with Gasteiger partial charge in [0.2, 0.25) is 11.8 Å². The molecule has 0 radical (unpaired) electrons. The summed E-state index contributed by atoms with van der Waals surface area (Å²) in [5.74, 6) is 0.159. The smallest absolute Gasteiger partial charge is 0.239 e. The van der Waals surface area contributed by atoms with E-state index in [1.807, 2.05) is 26.8 Å². The van der Waals surface area contributed by atoms with Crippen molar-refractivity contribution in [3.05, 3.63) is 11.6 Å². The first-order valence-corrected chi connectivity index (χ1v) is 8.63. The second kappa shape index (κ2) is 5.82. The third-order valence-electron chi connectivity index (χ3n) is 5.66. The van der Waals surface area contributed by atoms with E-state index in [9.17, 15) is 9.59 Å². The highest BCUT2D eigenvalue weighted by Crippen LogP contribution is 2.46. The summed E-state index contributed by atoms with van der Waals surface area (Å²) in [6.45, 7) is 12.3. The zero-order valence-electron chi connectivity index (χ0n) is 15.0. The van der Waals surface area contributed by atoms with Crippen LogP contribution in [0.5, 0.6) is 0 Å². The largest absolute Gasteiger partial charge is 0.278 e. The molecule has 22 heavy (non-hydrogen) atoms. The first-order valence-electron chi connectivity index (χ1n) is 8.63. The number of allylic oxidation sites excluding steroid dienone is 1. The van der Waals surface area contributed by atoms with E-state index in [1.54, 1.807) is 4.90 Å². The number of carbonyl (C=O) groups excluding carboxylic acids is 2. The average Bonchev–Trinajstić information content (AvgIpc) is 2.59. The van der Waals surface area contributed by atoms with Gasteiger partial charge in [0.15, 0.2) is 0 Å². The van der Waals surface area contributed by atoms with Crippen LogP contribution in [0.25, 0.3) is 0 Å². The third kappa shape index (κ3) is 2.75. The van der Waals surface area contributed by atoms with Crippen LogP contribution in [0.3, 0.4) is 0 Å². The van der Waals surface area contributed by atoms with Crippen LogP contribution >= 0.6 is 0 Å². The molecule has 1 saturated carbocycles. The molecule has 2 rings (SSSR count). The van der Waals surface area contributed by atoms with Gasteiger partial charge in [-0.25, -0.2) is 0 Å². The van der Waals surface area contributed by atoms with Crippen LogP contribution in [0.15, 0.2) is 11.6 Å². The molecule has 1 saturated heterocycles. The van der Waals surface area contributed by atoms with Crippen molar-refractivity contribution in [2.45, 2.75) is 79.7 Å². The van der Waals surface area contributed by atoms with Crippen LogP contribution in [-0.4, -0.2) is 22.8 Å². The second-order valence-electron chi connectivity index (χ2n) is 8.50. The van der Waals surface area contributed by atoms with Gasteiger partial charge in [-0.1, -0.05) is 51.7 Å². The highest BCUT2D eigenvalue weighted by molar-refractivity contribution is 6.05. The molecular weight excluding hydrogens is 274 g/mol. The van der Waals surface area contributed by atoms with Crippen molar-refractivity contribution in [1.29, 1.82) is 0 Å². The zero-order valence-corrected chi connectivity index (χ0v) is 15.0. The predicted octanol–water partition coefficient (Wildman–Crippen LogP) is 4.32. The van der Waals surface area contributed by atoms with E-state index in [0.29, 0.717) is 0 Å². The standard InChI is InChI=1S/C19H31NO2/c1-13(2)12-19(6,18(3,4)5)17(22)20-15-11-9-7-8-10-14(15)16(20)21/h12,14-15H,7-11H2,1-6H3. The summed E-state index contributed by atoms with van der Waals surface area (Å²) in [4.78, 5) is 27.4. The van der Waals surface area contributed by atoms with Crippen LogP contribution in [0.4, 0.5) is 0 Å². The Morgan fingerprint density at radius 3 is 2.23 bits per heavy atom. The van der Waals surface area contributed by atoms with Crippen molar-refractivity contribution in [3.8, 4) is 0 Å². The van der Waals surface area contributed by atoms with Gasteiger partial charge in [-0.2, -0.15) is 0 Å². The summed E-state index contributed by atoms with van der Waals surface area (Å²) in [5.41, 5.74) is 0.257. The van der Waals surface area contributed by atoms with E-state index < -0.39 is 5.41 Å². The SMILES string of the molecule is CC(C)=CC(C)(C(=O)N1C(=O)C2CCCCCC21)C(C)(C)C. The van der Waals surface area contributed by atoms with Gasteiger partial charge in [0.25, 0.3) is 0 Å². The molecule has 0 aromatic carbocycles. The fourth-order valence-corrected chi connectivity index (χ4v) is 3.82. The number of likely N-dealkylation sites (tertiary alicyclic amines) is 1. The Morgan fingerprint density at radius 1 is 1.09 bits per heavy atom. The van der Waals surface area contributed by atoms with E-state index in [-0.39, 0.29) is 29.2 Å². The van der Waals surface area contributed by atoms with Crippen molar-refractivity contribution in [2.24, 2.45) is 16.7 Å². The molecule has 1 aliphatic carbocycles. The van der Waals surface area contributed by atoms with E-state index in [4.69, 9.17) is 0 Å². The topological polar surface area (TPSA) is 37.4 Å². The first kappa shape index (κ1) is 17.2. The molecule has 3 atom stereocenters. The van der Waals surface area contributed by atoms with Crippen LogP contribution in [-0.2, 0) is 9.59 Å². The fraction of sp³-hybridized carbons (Fsp3) is 0.789. The number of hydrogen-bond donors (Lipinski definition) is 0. The molecule has 124 valence electrons. The number of fused-ring (bicyclic) bond motifs is 1. The van der Waals surface area contributed by atoms with Gasteiger partial charge in [0.05, 0.1) is 17.4 Å². The van der Waals surface area contributed by atoms with Crippen molar-refractivity contribution in [2.75, 3.05) is 0 Å². The maximum Gasteiger partial charge on any atom is 0.239 e. The molecule has 2 fully saturated rings. The Bertz CT molecular complexity index is 496. The number of rotatable bonds is 2. The van der Waals surface area contributed by atoms with Crippen LogP contribution < -0.4 is 0 Å². The molecule has 3 nitrogen and oxygen atoms in total. The number of carbonyl (C=O) groups is 2. The molecule has 3 heteroatoms. The lowest BCUT2D eigenvalue weighted by Crippen LogP contribution is -2.66. The van der Waals surface area contributed by atoms with Gasteiger partial charge < -0.3 is 0 Å². The predicted molar refractivity (Wildman–Crippen MR) is 89.2 cm³/mol. The molecule has 3 unspecified atom stereocenters. The van der Waals surface area contributed by atoms with Gasteiger partial charge in [0.1, 0.15) is 0 Å². The quantitative estimate of drug-likeness (QED) is 0.563. The van der Waals surface area contributed by atoms with Crippen molar-refractivity contribution >= 4 is 11.8 Å².